The minimum absolute atomic E-state index is 0.0498. The lowest BCUT2D eigenvalue weighted by atomic mass is 9.84. The fraction of sp³-hybridized carbons (Fsp3) is 0.250. The Labute approximate surface area is 245 Å². The van der Waals surface area contributed by atoms with Crippen molar-refractivity contribution in [3.05, 3.63) is 131 Å². The Morgan fingerprint density at radius 1 is 0.756 bits per heavy atom. The lowest BCUT2D eigenvalue weighted by Crippen LogP contribution is -2.38. The molecule has 1 heterocycles. The van der Waals surface area contributed by atoms with Gasteiger partial charge in [-0.15, -0.1) is 0 Å². The van der Waals surface area contributed by atoms with Crippen LogP contribution in [0, 0.1) is 0 Å². The van der Waals surface area contributed by atoms with Crippen molar-refractivity contribution in [3.8, 4) is 0 Å². The summed E-state index contributed by atoms with van der Waals surface area (Å²) in [7, 11) is -3.77. The molecule has 0 aromatic heterocycles. The topological polar surface area (TPSA) is 105 Å². The van der Waals surface area contributed by atoms with Crippen LogP contribution in [0.25, 0.3) is 0 Å². The average Bonchev–Trinajstić information content (AvgIpc) is 3.01. The molecule has 4 aromatic carbocycles. The Kier molecular flexibility index (Phi) is 9.76. The zero-order valence-corrected chi connectivity index (χ0v) is 24.0. The first-order chi connectivity index (χ1) is 20.0. The minimum Gasteiger partial charge on any atom is -0.396 e. The normalized spacial score (nSPS) is 20.9. The first kappa shape index (κ1) is 29.3. The van der Waals surface area contributed by atoms with Crippen molar-refractivity contribution in [1.29, 1.82) is 0 Å². The van der Waals surface area contributed by atoms with Crippen LogP contribution >= 0.6 is 11.8 Å². The van der Waals surface area contributed by atoms with Gasteiger partial charge in [-0.2, -0.15) is 11.8 Å². The van der Waals surface area contributed by atoms with Crippen molar-refractivity contribution in [2.24, 2.45) is 0 Å². The van der Waals surface area contributed by atoms with Gasteiger partial charge >= 0.3 is 0 Å². The molecule has 214 valence electrons. The molecule has 1 saturated heterocycles. The number of rotatable bonds is 11. The molecule has 3 N–H and O–H groups in total. The van der Waals surface area contributed by atoms with E-state index in [1.54, 1.807) is 60.3 Å². The van der Waals surface area contributed by atoms with Crippen molar-refractivity contribution in [3.63, 3.8) is 0 Å². The van der Waals surface area contributed by atoms with Crippen molar-refractivity contribution in [2.75, 3.05) is 22.8 Å². The van der Waals surface area contributed by atoms with E-state index in [4.69, 9.17) is 9.47 Å². The number of nitrogens with one attached hydrogen (secondary N) is 1. The van der Waals surface area contributed by atoms with E-state index < -0.39 is 16.3 Å². The largest absolute Gasteiger partial charge is 0.396 e. The van der Waals surface area contributed by atoms with Crippen molar-refractivity contribution < 1.29 is 28.1 Å². The molecule has 1 fully saturated rings. The van der Waals surface area contributed by atoms with Gasteiger partial charge in [0.1, 0.15) is 0 Å². The molecular weight excluding hydrogens is 558 g/mol. The van der Waals surface area contributed by atoms with Gasteiger partial charge in [-0.3, -0.25) is 4.72 Å². The van der Waals surface area contributed by atoms with E-state index >= 15 is 0 Å². The van der Waals surface area contributed by atoms with E-state index in [0.717, 1.165) is 16.7 Å². The maximum absolute atomic E-state index is 13.0. The molecule has 1 aliphatic heterocycles. The lowest BCUT2D eigenvalue weighted by Gasteiger charge is -2.43. The van der Waals surface area contributed by atoms with E-state index in [2.05, 4.69) is 16.9 Å². The smallest absolute Gasteiger partial charge is 0.261 e. The van der Waals surface area contributed by atoms with E-state index in [-0.39, 0.29) is 36.2 Å². The summed E-state index contributed by atoms with van der Waals surface area (Å²) in [5.74, 6) is 1.07. The van der Waals surface area contributed by atoms with Gasteiger partial charge in [0.15, 0.2) is 6.29 Å². The summed E-state index contributed by atoms with van der Waals surface area (Å²) in [4.78, 5) is 0.175. The molecule has 0 amide bonds. The second-order valence-electron chi connectivity index (χ2n) is 9.74. The Morgan fingerprint density at radius 2 is 1.44 bits per heavy atom. The Morgan fingerprint density at radius 3 is 2.12 bits per heavy atom. The zero-order chi connectivity index (χ0) is 28.7. The van der Waals surface area contributed by atoms with E-state index in [1.807, 2.05) is 48.5 Å². The number of hydrogen-bond donors (Lipinski definition) is 3. The van der Waals surface area contributed by atoms with Crippen LogP contribution in [-0.2, 0) is 26.1 Å². The number of aliphatic hydroxyl groups is 2. The van der Waals surface area contributed by atoms with Gasteiger partial charge < -0.3 is 19.7 Å². The van der Waals surface area contributed by atoms with E-state index in [9.17, 15) is 18.6 Å². The van der Waals surface area contributed by atoms with Crippen LogP contribution < -0.4 is 4.72 Å². The molecule has 41 heavy (non-hydrogen) atoms. The van der Waals surface area contributed by atoms with Crippen molar-refractivity contribution >= 4 is 27.5 Å². The van der Waals surface area contributed by atoms with Crippen LogP contribution in [0.15, 0.2) is 114 Å². The molecule has 0 bridgehead atoms. The molecule has 1 aliphatic rings. The van der Waals surface area contributed by atoms with Crippen LogP contribution in [0.4, 0.5) is 5.69 Å². The third-order valence-corrected chi connectivity index (χ3v) is 9.39. The van der Waals surface area contributed by atoms with E-state index in [1.165, 1.54) is 0 Å². The third kappa shape index (κ3) is 7.19. The molecule has 0 saturated carbocycles. The van der Waals surface area contributed by atoms with Gasteiger partial charge in [0.2, 0.25) is 0 Å². The first-order valence-electron chi connectivity index (χ1n) is 13.4. The summed E-state index contributed by atoms with van der Waals surface area (Å²) < 4.78 is 41.9. The summed E-state index contributed by atoms with van der Waals surface area (Å²) in [6.45, 7) is 0.0226. The summed E-state index contributed by atoms with van der Waals surface area (Å²) >= 11 is 1.61. The highest BCUT2D eigenvalue weighted by Gasteiger charge is 2.41. The standard InChI is InChI=1S/C32H33NO6S2/c34-18-19-40-22-29-30(24-8-3-1-4-9-24)31(25-16-14-23(21-35)15-17-25)39-32(38-29)26-10-7-11-27(20-26)33-41(36,37)28-12-5-2-6-13-28/h1-17,20,29-35H,18-19,21-22H2/t29-,30-,31+,32?/m1/s1. The van der Waals surface area contributed by atoms with Gasteiger partial charge in [-0.1, -0.05) is 84.9 Å². The summed E-state index contributed by atoms with van der Waals surface area (Å²) in [5.41, 5.74) is 3.91. The van der Waals surface area contributed by atoms with Gasteiger partial charge in [0, 0.05) is 28.7 Å². The third-order valence-electron chi connectivity index (χ3n) is 6.95. The van der Waals surface area contributed by atoms with Gasteiger partial charge in [-0.25, -0.2) is 8.42 Å². The molecule has 1 unspecified atom stereocenters. The molecule has 9 heteroatoms. The van der Waals surface area contributed by atoms with Crippen molar-refractivity contribution in [2.45, 2.75) is 35.9 Å². The Bertz CT molecular complexity index is 1500. The van der Waals surface area contributed by atoms with Crippen LogP contribution in [0.5, 0.6) is 0 Å². The predicted octanol–water partition coefficient (Wildman–Crippen LogP) is 5.64. The number of ether oxygens (including phenoxy) is 2. The maximum Gasteiger partial charge on any atom is 0.261 e. The quantitative estimate of drug-likeness (QED) is 0.194. The number of anilines is 1. The SMILES string of the molecule is O=S(=O)(Nc1cccc(C2O[C@H](CSCCO)[C@@H](c3ccccc3)[C@H](c3ccc(CO)cc3)O2)c1)c1ccccc1. The fourth-order valence-electron chi connectivity index (χ4n) is 4.98. The Balaban J connectivity index is 1.49. The monoisotopic (exact) mass is 591 g/mol. The van der Waals surface area contributed by atoms with Crippen LogP contribution in [0.1, 0.15) is 40.6 Å². The van der Waals surface area contributed by atoms with Crippen LogP contribution in [0.3, 0.4) is 0 Å². The predicted molar refractivity (Wildman–Crippen MR) is 161 cm³/mol. The number of aliphatic hydroxyl groups excluding tert-OH is 2. The number of sulfonamides is 1. The highest BCUT2D eigenvalue weighted by Crippen LogP contribution is 2.47. The van der Waals surface area contributed by atoms with Gasteiger partial charge in [0.05, 0.1) is 30.3 Å². The van der Waals surface area contributed by atoms with Gasteiger partial charge in [-0.05, 0) is 41.0 Å². The molecule has 4 aromatic rings. The molecule has 0 aliphatic carbocycles. The second-order valence-corrected chi connectivity index (χ2v) is 12.6. The van der Waals surface area contributed by atoms with Gasteiger partial charge in [0.25, 0.3) is 10.0 Å². The minimum atomic E-state index is -3.77. The molecular formula is C32H33NO6S2. The highest BCUT2D eigenvalue weighted by atomic mass is 32.2. The number of hydrogen-bond acceptors (Lipinski definition) is 7. The molecule has 0 spiro atoms. The number of benzene rings is 4. The Hall–Kier alpha value is -3.18. The number of thioether (sulfide) groups is 1. The lowest BCUT2D eigenvalue weighted by molar-refractivity contribution is -0.255. The highest BCUT2D eigenvalue weighted by molar-refractivity contribution is 7.99. The second kappa shape index (κ2) is 13.7. The molecule has 4 atom stereocenters. The summed E-state index contributed by atoms with van der Waals surface area (Å²) in [6, 6.07) is 33.1. The zero-order valence-electron chi connectivity index (χ0n) is 22.4. The molecule has 5 rings (SSSR count). The molecule has 0 radical (unpaired) electrons. The van der Waals surface area contributed by atoms with Crippen LogP contribution in [-0.4, -0.2) is 42.8 Å². The maximum atomic E-state index is 13.0. The fourth-order valence-corrected chi connectivity index (χ4v) is 6.86. The van der Waals surface area contributed by atoms with Crippen molar-refractivity contribution in [1.82, 2.24) is 0 Å². The summed E-state index contributed by atoms with van der Waals surface area (Å²) in [5, 5.41) is 19.0. The first-order valence-corrected chi connectivity index (χ1v) is 16.0. The summed E-state index contributed by atoms with van der Waals surface area (Å²) in [6.07, 6.45) is -1.41. The average molecular weight is 592 g/mol. The van der Waals surface area contributed by atoms with E-state index in [0.29, 0.717) is 22.8 Å². The van der Waals surface area contributed by atoms with Crippen LogP contribution in [0.2, 0.25) is 0 Å². The molecule has 7 nitrogen and oxygen atoms in total.